The Morgan fingerprint density at radius 3 is 2.09 bits per heavy atom. The van der Waals surface area contributed by atoms with Gasteiger partial charge in [0.1, 0.15) is 25.0 Å². The van der Waals surface area contributed by atoms with Crippen LogP contribution in [-0.2, 0) is 17.7 Å². The Bertz CT molecular complexity index is 944. The summed E-state index contributed by atoms with van der Waals surface area (Å²) in [5.41, 5.74) is -0.494. The van der Waals surface area contributed by atoms with Crippen LogP contribution in [0.15, 0.2) is 26.8 Å². The molecule has 3 heterocycles. The monoisotopic (exact) mass is 495 g/mol. The van der Waals surface area contributed by atoms with Crippen molar-refractivity contribution in [1.82, 2.24) is 9.55 Å². The van der Waals surface area contributed by atoms with Crippen LogP contribution in [0.25, 0.3) is 0 Å². The topological polar surface area (TPSA) is 104 Å². The van der Waals surface area contributed by atoms with Gasteiger partial charge in [-0.3, -0.25) is 19.3 Å². The Morgan fingerprint density at radius 1 is 1.03 bits per heavy atom. The Labute approximate surface area is 198 Å². The van der Waals surface area contributed by atoms with Crippen LogP contribution >= 0.6 is 0 Å². The maximum atomic E-state index is 12.5. The van der Waals surface area contributed by atoms with E-state index in [9.17, 15) is 9.59 Å². The molecule has 1 aromatic rings. The molecule has 0 saturated carbocycles. The van der Waals surface area contributed by atoms with E-state index in [1.54, 1.807) is 0 Å². The summed E-state index contributed by atoms with van der Waals surface area (Å²) in [4.78, 5) is 30.1. The van der Waals surface area contributed by atoms with Crippen molar-refractivity contribution in [1.29, 1.82) is 0 Å². The Morgan fingerprint density at radius 2 is 1.61 bits per heavy atom. The maximum absolute atomic E-state index is 12.5. The quantitative estimate of drug-likeness (QED) is 0.480. The molecule has 0 aliphatic carbocycles. The lowest BCUT2D eigenvalue weighted by molar-refractivity contribution is -0.0567. The summed E-state index contributed by atoms with van der Waals surface area (Å²) in [6.07, 6.45) is -0.638. The Hall–Kier alpha value is -1.38. The molecule has 1 aromatic heterocycles. The second-order valence-corrected chi connectivity index (χ2v) is 19.1. The van der Waals surface area contributed by atoms with Crippen LogP contribution in [0.2, 0.25) is 22.2 Å². The number of nitrogens with zero attached hydrogens (tertiary/aromatic N) is 2. The van der Waals surface area contributed by atoms with Crippen molar-refractivity contribution >= 4 is 23.8 Å². The van der Waals surface area contributed by atoms with Crippen LogP contribution in [0.4, 0.5) is 0 Å². The van der Waals surface area contributed by atoms with Crippen molar-refractivity contribution in [2.75, 3.05) is 6.61 Å². The number of ether oxygens (including phenoxy) is 1. The average Bonchev–Trinajstić information content (AvgIpc) is 3.03. The molecule has 2 aliphatic rings. The molecule has 0 unspecified atom stereocenters. The molecule has 2 radical (unpaired) electrons. The fraction of sp³-hybridized carbons (Fsp3) is 0.773. The van der Waals surface area contributed by atoms with E-state index in [1.165, 1.54) is 16.8 Å². The number of rotatable bonds is 6. The predicted octanol–water partition coefficient (Wildman–Crippen LogP) is 3.21. The SMILES string of the molecule is [C]=N[C@H]1[C@@H]2O[Si](C(C)C)(C(C)C)O[Si](C(C)C)(C(C)C)OC[C@H]2O[C@H]1n1ccc(=O)[nH]c1=O. The molecule has 184 valence electrons. The van der Waals surface area contributed by atoms with Crippen molar-refractivity contribution < 1.29 is 17.7 Å². The van der Waals surface area contributed by atoms with Gasteiger partial charge in [-0.05, 0) is 22.2 Å². The molecule has 0 aromatic carbocycles. The van der Waals surface area contributed by atoms with E-state index < -0.39 is 52.8 Å². The largest absolute Gasteiger partial charge is 0.414 e. The first kappa shape index (κ1) is 26.2. The molecule has 2 aliphatic heterocycles. The van der Waals surface area contributed by atoms with E-state index in [0.29, 0.717) is 0 Å². The van der Waals surface area contributed by atoms with Crippen LogP contribution in [0.3, 0.4) is 0 Å². The van der Waals surface area contributed by atoms with E-state index in [4.69, 9.17) is 24.4 Å². The number of nitrogens with one attached hydrogen (secondary N) is 1. The van der Waals surface area contributed by atoms with E-state index >= 15 is 0 Å². The summed E-state index contributed by atoms with van der Waals surface area (Å²) < 4.78 is 28.3. The number of hydrogen-bond donors (Lipinski definition) is 1. The highest BCUT2D eigenvalue weighted by Gasteiger charge is 2.61. The van der Waals surface area contributed by atoms with Crippen LogP contribution in [0, 0.1) is 0 Å². The molecule has 0 bridgehead atoms. The summed E-state index contributed by atoms with van der Waals surface area (Å²) in [5, 5.41) is 0. The number of aromatic nitrogens is 2. The summed E-state index contributed by atoms with van der Waals surface area (Å²) in [7, 11) is -5.64. The van der Waals surface area contributed by atoms with Crippen molar-refractivity contribution in [3.05, 3.63) is 33.1 Å². The molecule has 2 fully saturated rings. The highest BCUT2D eigenvalue weighted by molar-refractivity contribution is 6.83. The second kappa shape index (κ2) is 9.70. The Kier molecular flexibility index (Phi) is 7.71. The predicted molar refractivity (Wildman–Crippen MR) is 130 cm³/mol. The molecule has 0 amide bonds. The first-order valence-electron chi connectivity index (χ1n) is 11.7. The normalized spacial score (nSPS) is 29.3. The minimum absolute atomic E-state index is 0.116. The first-order valence-corrected chi connectivity index (χ1v) is 15.7. The lowest BCUT2D eigenvalue weighted by atomic mass is 10.1. The van der Waals surface area contributed by atoms with Gasteiger partial charge in [0.25, 0.3) is 5.56 Å². The van der Waals surface area contributed by atoms with Gasteiger partial charge in [-0.1, -0.05) is 55.4 Å². The van der Waals surface area contributed by atoms with Crippen molar-refractivity contribution in [3.63, 3.8) is 0 Å². The van der Waals surface area contributed by atoms with Gasteiger partial charge in [-0.25, -0.2) is 4.79 Å². The molecular formula is C22H37N3O6Si2. The van der Waals surface area contributed by atoms with Crippen molar-refractivity contribution in [2.45, 2.75) is 102 Å². The molecule has 33 heavy (non-hydrogen) atoms. The number of H-pyrrole nitrogens is 1. The molecular weight excluding hydrogens is 458 g/mol. The highest BCUT2D eigenvalue weighted by atomic mass is 28.5. The molecule has 4 atom stereocenters. The zero-order chi connectivity index (χ0) is 24.7. The smallest absolute Gasteiger partial charge is 0.335 e. The van der Waals surface area contributed by atoms with Gasteiger partial charge in [0.15, 0.2) is 6.23 Å². The fourth-order valence-electron chi connectivity index (χ4n) is 5.13. The number of aliphatic imine (C=N–C) groups is 1. The van der Waals surface area contributed by atoms with E-state index in [-0.39, 0.29) is 28.8 Å². The van der Waals surface area contributed by atoms with E-state index in [0.717, 1.165) is 0 Å². The van der Waals surface area contributed by atoms with Gasteiger partial charge < -0.3 is 17.7 Å². The lowest BCUT2D eigenvalue weighted by Gasteiger charge is -2.51. The Balaban J connectivity index is 2.13. The molecule has 11 heteroatoms. The molecule has 0 spiro atoms. The number of hydrogen-bond acceptors (Lipinski definition) is 7. The lowest BCUT2D eigenvalue weighted by Crippen LogP contribution is -2.65. The number of fused-ring (bicyclic) bond motifs is 1. The van der Waals surface area contributed by atoms with E-state index in [1.807, 2.05) is 0 Å². The molecule has 2 saturated heterocycles. The average molecular weight is 496 g/mol. The van der Waals surface area contributed by atoms with Crippen LogP contribution in [0.5, 0.6) is 0 Å². The zero-order valence-electron chi connectivity index (χ0n) is 20.8. The van der Waals surface area contributed by atoms with Crippen LogP contribution in [0.1, 0.15) is 61.6 Å². The molecule has 1 N–H and O–H groups in total. The third-order valence-corrected chi connectivity index (χ3v) is 17.2. The van der Waals surface area contributed by atoms with Crippen molar-refractivity contribution in [3.8, 4) is 0 Å². The third-order valence-electron chi connectivity index (χ3n) is 6.92. The summed E-state index contributed by atoms with van der Waals surface area (Å²) >= 11 is 0. The third kappa shape index (κ3) is 4.51. The second-order valence-electron chi connectivity index (χ2n) is 10.3. The zero-order valence-corrected chi connectivity index (χ0v) is 22.8. The minimum atomic E-state index is -2.91. The summed E-state index contributed by atoms with van der Waals surface area (Å²) in [5.74, 6) is 0. The highest BCUT2D eigenvalue weighted by Crippen LogP contribution is 2.48. The summed E-state index contributed by atoms with van der Waals surface area (Å²) in [6.45, 7) is 25.2. The van der Waals surface area contributed by atoms with Gasteiger partial charge in [0, 0.05) is 12.3 Å². The van der Waals surface area contributed by atoms with Gasteiger partial charge in [-0.15, -0.1) is 0 Å². The van der Waals surface area contributed by atoms with Gasteiger partial charge in [0.05, 0.1) is 6.61 Å². The molecule has 3 rings (SSSR count). The van der Waals surface area contributed by atoms with Gasteiger partial charge in [0.2, 0.25) is 0 Å². The van der Waals surface area contributed by atoms with Crippen molar-refractivity contribution in [2.24, 2.45) is 4.99 Å². The van der Waals surface area contributed by atoms with E-state index in [2.05, 4.69) is 65.4 Å². The maximum Gasteiger partial charge on any atom is 0.335 e. The van der Waals surface area contributed by atoms with Crippen LogP contribution in [-0.4, -0.2) is 58.2 Å². The van der Waals surface area contributed by atoms with Gasteiger partial charge in [-0.2, -0.15) is 0 Å². The molecule has 9 nitrogen and oxygen atoms in total. The first-order chi connectivity index (χ1) is 15.4. The summed E-state index contributed by atoms with van der Waals surface area (Å²) in [6, 6.07) is 0.478. The standard InChI is InChI=1S/C22H37N3O6Si2/c1-13(2)32(14(3)4)28-12-17-20(30-33(31-32,15(5)6)16(7)8)19(23-9)21(29-17)25-11-10-18(26)24-22(25)27/h10-11,13-17,19-21H,12H2,1-8H3,(H,24,26,27)/t17-,19+,20-,21-/m1/s1. The van der Waals surface area contributed by atoms with Gasteiger partial charge >= 0.3 is 22.8 Å². The number of aromatic amines is 1. The fourth-order valence-corrected chi connectivity index (χ4v) is 16.3. The van der Waals surface area contributed by atoms with Crippen LogP contribution < -0.4 is 11.2 Å². The minimum Gasteiger partial charge on any atom is -0.414 e.